The molecule has 0 N–H and O–H groups in total. The highest BCUT2D eigenvalue weighted by atomic mass is 16.7. The van der Waals surface area contributed by atoms with Gasteiger partial charge in [-0.15, -0.1) is 0 Å². The lowest BCUT2D eigenvalue weighted by atomic mass is 10.2. The zero-order chi connectivity index (χ0) is 17.1. The van der Waals surface area contributed by atoms with Gasteiger partial charge in [0, 0.05) is 5.56 Å². The number of hydrogen-bond donors (Lipinski definition) is 0. The third-order valence-corrected chi connectivity index (χ3v) is 3.23. The van der Waals surface area contributed by atoms with E-state index in [1.54, 1.807) is 6.92 Å². The van der Waals surface area contributed by atoms with Gasteiger partial charge in [0.2, 0.25) is 11.7 Å². The van der Waals surface area contributed by atoms with Crippen LogP contribution in [0.1, 0.15) is 22.0 Å². The minimum atomic E-state index is -0.813. The lowest BCUT2D eigenvalue weighted by molar-refractivity contribution is -0.402. The predicted molar refractivity (Wildman–Crippen MR) is 81.2 cm³/mol. The molecule has 8 heteroatoms. The van der Waals surface area contributed by atoms with E-state index >= 15 is 0 Å². The van der Waals surface area contributed by atoms with Gasteiger partial charge in [-0.2, -0.15) is 0 Å². The van der Waals surface area contributed by atoms with Gasteiger partial charge in [-0.3, -0.25) is 10.1 Å². The first-order valence-electron chi connectivity index (χ1n) is 6.97. The topological polar surface area (TPSA) is 109 Å². The molecule has 0 aliphatic rings. The van der Waals surface area contributed by atoms with Gasteiger partial charge in [0.1, 0.15) is 23.0 Å². The van der Waals surface area contributed by atoms with Gasteiger partial charge < -0.3 is 13.6 Å². The molecule has 24 heavy (non-hydrogen) atoms. The lowest BCUT2D eigenvalue weighted by Gasteiger charge is -1.99. The molecule has 3 rings (SSSR count). The number of carbonyl (C=O) groups excluding carboxylic acids is 1. The van der Waals surface area contributed by atoms with Crippen LogP contribution in [0.25, 0.3) is 11.5 Å². The third-order valence-electron chi connectivity index (χ3n) is 3.23. The number of oxazole rings is 1. The van der Waals surface area contributed by atoms with Crippen molar-refractivity contribution in [1.82, 2.24) is 4.98 Å². The van der Waals surface area contributed by atoms with Crippen molar-refractivity contribution in [1.29, 1.82) is 0 Å². The molecular weight excluding hydrogens is 316 g/mol. The second kappa shape index (κ2) is 6.37. The van der Waals surface area contributed by atoms with Crippen LogP contribution in [0.4, 0.5) is 5.88 Å². The molecule has 0 spiro atoms. The first kappa shape index (κ1) is 15.5. The van der Waals surface area contributed by atoms with Crippen LogP contribution in [0.15, 0.2) is 51.3 Å². The summed E-state index contributed by atoms with van der Waals surface area (Å²) in [5, 5.41) is 10.5. The van der Waals surface area contributed by atoms with Crippen LogP contribution in [0.2, 0.25) is 0 Å². The third kappa shape index (κ3) is 3.17. The molecule has 2 aromatic heterocycles. The summed E-state index contributed by atoms with van der Waals surface area (Å²) >= 11 is 0. The SMILES string of the molecule is Cc1oc(-c2ccccc2)nc1COC(=O)c1ccc([N+](=O)[O-])o1. The molecule has 0 amide bonds. The fourth-order valence-electron chi connectivity index (χ4n) is 2.01. The van der Waals surface area contributed by atoms with Crippen LogP contribution >= 0.6 is 0 Å². The maximum absolute atomic E-state index is 11.8. The Bertz CT molecular complexity index is 881. The zero-order valence-electron chi connectivity index (χ0n) is 12.6. The smallest absolute Gasteiger partial charge is 0.433 e. The number of aryl methyl sites for hydroxylation is 1. The van der Waals surface area contributed by atoms with Gasteiger partial charge in [0.05, 0.1) is 6.07 Å². The van der Waals surface area contributed by atoms with Crippen molar-refractivity contribution in [3.63, 3.8) is 0 Å². The second-order valence-electron chi connectivity index (χ2n) is 4.86. The number of benzene rings is 1. The van der Waals surface area contributed by atoms with E-state index in [9.17, 15) is 14.9 Å². The predicted octanol–water partition coefficient (Wildman–Crippen LogP) is 3.51. The summed E-state index contributed by atoms with van der Waals surface area (Å²) in [6, 6.07) is 11.6. The molecule has 0 saturated carbocycles. The zero-order valence-corrected chi connectivity index (χ0v) is 12.6. The van der Waals surface area contributed by atoms with Crippen LogP contribution in [0, 0.1) is 17.0 Å². The first-order chi connectivity index (χ1) is 11.5. The summed E-state index contributed by atoms with van der Waals surface area (Å²) in [4.78, 5) is 25.9. The molecule has 0 bridgehead atoms. The Hall–Kier alpha value is -3.42. The van der Waals surface area contributed by atoms with E-state index in [2.05, 4.69) is 4.98 Å². The first-order valence-corrected chi connectivity index (χ1v) is 6.97. The fourth-order valence-corrected chi connectivity index (χ4v) is 2.01. The van der Waals surface area contributed by atoms with Crippen molar-refractivity contribution < 1.29 is 23.3 Å². The lowest BCUT2D eigenvalue weighted by Crippen LogP contribution is -2.05. The molecule has 0 aliphatic carbocycles. The highest BCUT2D eigenvalue weighted by Gasteiger charge is 2.20. The van der Waals surface area contributed by atoms with Crippen LogP contribution in [-0.2, 0) is 11.3 Å². The normalized spacial score (nSPS) is 10.5. The maximum Gasteiger partial charge on any atom is 0.433 e. The molecule has 0 radical (unpaired) electrons. The average Bonchev–Trinajstić information content (AvgIpc) is 3.21. The molecule has 2 heterocycles. The largest absolute Gasteiger partial charge is 0.453 e. The number of furan rings is 1. The van der Waals surface area contributed by atoms with Crippen molar-refractivity contribution in [2.24, 2.45) is 0 Å². The van der Waals surface area contributed by atoms with E-state index in [1.165, 1.54) is 6.07 Å². The van der Waals surface area contributed by atoms with Gasteiger partial charge >= 0.3 is 11.9 Å². The van der Waals surface area contributed by atoms with Gasteiger partial charge in [-0.05, 0) is 25.1 Å². The number of nitro groups is 1. The van der Waals surface area contributed by atoms with E-state index in [-0.39, 0.29) is 12.4 Å². The molecule has 0 fully saturated rings. The van der Waals surface area contributed by atoms with Crippen molar-refractivity contribution in [2.75, 3.05) is 0 Å². The van der Waals surface area contributed by atoms with Gasteiger partial charge in [-0.1, -0.05) is 18.2 Å². The van der Waals surface area contributed by atoms with Crippen molar-refractivity contribution in [3.05, 3.63) is 69.8 Å². The van der Waals surface area contributed by atoms with Crippen LogP contribution in [0.5, 0.6) is 0 Å². The number of hydrogen-bond acceptors (Lipinski definition) is 7. The molecule has 0 unspecified atom stereocenters. The molecule has 0 aliphatic heterocycles. The number of carbonyl (C=O) groups is 1. The molecule has 3 aromatic rings. The summed E-state index contributed by atoms with van der Waals surface area (Å²) in [5.41, 5.74) is 1.27. The van der Waals surface area contributed by atoms with Crippen LogP contribution in [-0.4, -0.2) is 15.9 Å². The van der Waals surface area contributed by atoms with E-state index in [0.29, 0.717) is 17.3 Å². The Balaban J connectivity index is 1.69. The minimum absolute atomic E-state index is 0.129. The molecule has 8 nitrogen and oxygen atoms in total. The second-order valence-corrected chi connectivity index (χ2v) is 4.86. The van der Waals surface area contributed by atoms with Gasteiger partial charge in [-0.25, -0.2) is 9.78 Å². The van der Waals surface area contributed by atoms with E-state index in [1.807, 2.05) is 30.3 Å². The van der Waals surface area contributed by atoms with Crippen molar-refractivity contribution in [3.8, 4) is 11.5 Å². The quantitative estimate of drug-likeness (QED) is 0.400. The number of rotatable bonds is 5. The summed E-state index contributed by atoms with van der Waals surface area (Å²) < 4.78 is 15.4. The van der Waals surface area contributed by atoms with E-state index in [4.69, 9.17) is 13.6 Å². The molecule has 0 saturated heterocycles. The van der Waals surface area contributed by atoms with Gasteiger partial charge in [0.15, 0.2) is 0 Å². The summed E-state index contributed by atoms with van der Waals surface area (Å²) in [6.07, 6.45) is 0. The average molecular weight is 328 g/mol. The minimum Gasteiger partial charge on any atom is -0.453 e. The van der Waals surface area contributed by atoms with Crippen LogP contribution in [0.3, 0.4) is 0 Å². The highest BCUT2D eigenvalue weighted by Crippen LogP contribution is 2.22. The summed E-state index contributed by atoms with van der Waals surface area (Å²) in [7, 11) is 0. The summed E-state index contributed by atoms with van der Waals surface area (Å²) in [5.74, 6) is -0.635. The fraction of sp³-hybridized carbons (Fsp3) is 0.125. The maximum atomic E-state index is 11.8. The Kier molecular flexibility index (Phi) is 4.11. The Morgan fingerprint density at radius 1 is 1.21 bits per heavy atom. The number of aromatic nitrogens is 1. The van der Waals surface area contributed by atoms with E-state index in [0.717, 1.165) is 11.6 Å². The number of esters is 1. The Morgan fingerprint density at radius 3 is 2.62 bits per heavy atom. The number of nitrogens with zero attached hydrogens (tertiary/aromatic N) is 2. The molecule has 0 atom stereocenters. The molecule has 122 valence electrons. The highest BCUT2D eigenvalue weighted by molar-refractivity contribution is 5.86. The molecular formula is C16H12N2O6. The Labute approximate surface area is 135 Å². The van der Waals surface area contributed by atoms with Crippen LogP contribution < -0.4 is 0 Å². The molecule has 1 aromatic carbocycles. The van der Waals surface area contributed by atoms with Crippen molar-refractivity contribution in [2.45, 2.75) is 13.5 Å². The van der Waals surface area contributed by atoms with Crippen molar-refractivity contribution >= 4 is 11.9 Å². The Morgan fingerprint density at radius 2 is 1.96 bits per heavy atom. The summed E-state index contributed by atoms with van der Waals surface area (Å²) in [6.45, 7) is 1.58. The van der Waals surface area contributed by atoms with Gasteiger partial charge in [0.25, 0.3) is 0 Å². The number of ether oxygens (including phenoxy) is 1. The monoisotopic (exact) mass is 328 g/mol. The van der Waals surface area contributed by atoms with E-state index < -0.39 is 16.8 Å². The standard InChI is InChI=1S/C16H12N2O6/c1-10-12(17-15(23-10)11-5-3-2-4-6-11)9-22-16(19)13-7-8-14(24-13)18(20)21/h2-8H,9H2,1H3.